The molecular formula is C15H18ClNO2. The second-order valence-electron chi connectivity index (χ2n) is 4.81. The summed E-state index contributed by atoms with van der Waals surface area (Å²) in [6.45, 7) is 1.66. The SMILES string of the molecule is O=C(/C=C/c1ccccc1Cl)N1CCC(CO)CC1. The highest BCUT2D eigenvalue weighted by Crippen LogP contribution is 2.18. The zero-order valence-electron chi connectivity index (χ0n) is 10.8. The van der Waals surface area contributed by atoms with Crippen LogP contribution >= 0.6 is 11.6 Å². The van der Waals surface area contributed by atoms with Crippen LogP contribution in [0.3, 0.4) is 0 Å². The van der Waals surface area contributed by atoms with Crippen molar-refractivity contribution in [2.75, 3.05) is 19.7 Å². The summed E-state index contributed by atoms with van der Waals surface area (Å²) in [5, 5.41) is 9.71. The molecule has 0 unspecified atom stereocenters. The molecule has 2 rings (SSSR count). The monoisotopic (exact) mass is 279 g/mol. The summed E-state index contributed by atoms with van der Waals surface area (Å²) in [6, 6.07) is 7.44. The van der Waals surface area contributed by atoms with Gasteiger partial charge >= 0.3 is 0 Å². The Morgan fingerprint density at radius 3 is 2.68 bits per heavy atom. The Kier molecular flexibility index (Phi) is 5.00. The number of rotatable bonds is 3. The lowest BCUT2D eigenvalue weighted by Crippen LogP contribution is -2.38. The van der Waals surface area contributed by atoms with Crippen LogP contribution in [-0.4, -0.2) is 35.6 Å². The summed E-state index contributed by atoms with van der Waals surface area (Å²) < 4.78 is 0. The predicted octanol–water partition coefficient (Wildman–Crippen LogP) is 2.58. The maximum atomic E-state index is 12.0. The molecule has 0 atom stereocenters. The van der Waals surface area contributed by atoms with Gasteiger partial charge in [0.25, 0.3) is 0 Å². The molecule has 19 heavy (non-hydrogen) atoms. The summed E-state index contributed by atoms with van der Waals surface area (Å²) >= 11 is 6.03. The Bertz CT molecular complexity index is 465. The maximum absolute atomic E-state index is 12.0. The third-order valence-corrected chi connectivity index (χ3v) is 3.84. The number of hydrogen-bond acceptors (Lipinski definition) is 2. The molecule has 1 aromatic rings. The van der Waals surface area contributed by atoms with Crippen LogP contribution in [0, 0.1) is 5.92 Å². The largest absolute Gasteiger partial charge is 0.396 e. The molecule has 0 saturated carbocycles. The predicted molar refractivity (Wildman–Crippen MR) is 76.9 cm³/mol. The van der Waals surface area contributed by atoms with E-state index in [1.807, 2.05) is 23.1 Å². The molecule has 1 saturated heterocycles. The summed E-state index contributed by atoms with van der Waals surface area (Å²) in [5.74, 6) is 0.355. The molecule has 1 aromatic carbocycles. The lowest BCUT2D eigenvalue weighted by atomic mass is 9.98. The van der Waals surface area contributed by atoms with Gasteiger partial charge in [-0.05, 0) is 36.5 Å². The molecule has 0 aliphatic carbocycles. The third kappa shape index (κ3) is 3.82. The van der Waals surface area contributed by atoms with E-state index < -0.39 is 0 Å². The van der Waals surface area contributed by atoms with Crippen molar-refractivity contribution in [1.29, 1.82) is 0 Å². The molecule has 0 spiro atoms. The van der Waals surface area contributed by atoms with Gasteiger partial charge in [-0.15, -0.1) is 0 Å². The Morgan fingerprint density at radius 1 is 1.37 bits per heavy atom. The van der Waals surface area contributed by atoms with Gasteiger partial charge in [0.15, 0.2) is 0 Å². The minimum Gasteiger partial charge on any atom is -0.396 e. The Morgan fingerprint density at radius 2 is 2.05 bits per heavy atom. The average Bonchev–Trinajstić information content (AvgIpc) is 2.46. The lowest BCUT2D eigenvalue weighted by Gasteiger charge is -2.30. The minimum atomic E-state index is 0.0105. The lowest BCUT2D eigenvalue weighted by molar-refractivity contribution is -0.127. The molecule has 1 amide bonds. The van der Waals surface area contributed by atoms with Gasteiger partial charge in [0, 0.05) is 30.8 Å². The van der Waals surface area contributed by atoms with Crippen molar-refractivity contribution in [3.63, 3.8) is 0 Å². The van der Waals surface area contributed by atoms with E-state index in [2.05, 4.69) is 0 Å². The number of carbonyl (C=O) groups excluding carboxylic acids is 1. The van der Waals surface area contributed by atoms with Gasteiger partial charge in [0.1, 0.15) is 0 Å². The second-order valence-corrected chi connectivity index (χ2v) is 5.21. The van der Waals surface area contributed by atoms with E-state index in [1.54, 1.807) is 18.2 Å². The van der Waals surface area contributed by atoms with Gasteiger partial charge < -0.3 is 10.0 Å². The van der Waals surface area contributed by atoms with Crippen LogP contribution in [0.5, 0.6) is 0 Å². The molecule has 1 aliphatic heterocycles. The van der Waals surface area contributed by atoms with Crippen LogP contribution in [0.1, 0.15) is 18.4 Å². The normalized spacial score (nSPS) is 17.1. The Hall–Kier alpha value is -1.32. The fourth-order valence-corrected chi connectivity index (χ4v) is 2.41. The van der Waals surface area contributed by atoms with E-state index in [4.69, 9.17) is 16.7 Å². The fourth-order valence-electron chi connectivity index (χ4n) is 2.21. The van der Waals surface area contributed by atoms with Crippen LogP contribution in [0.4, 0.5) is 0 Å². The number of hydrogen-bond donors (Lipinski definition) is 1. The zero-order chi connectivity index (χ0) is 13.7. The first-order valence-corrected chi connectivity index (χ1v) is 6.91. The highest BCUT2D eigenvalue weighted by molar-refractivity contribution is 6.32. The molecule has 1 N–H and O–H groups in total. The van der Waals surface area contributed by atoms with Gasteiger partial charge in [0.05, 0.1) is 0 Å². The quantitative estimate of drug-likeness (QED) is 0.864. The van der Waals surface area contributed by atoms with Crippen LogP contribution < -0.4 is 0 Å². The van der Waals surface area contributed by atoms with Crippen molar-refractivity contribution in [2.24, 2.45) is 5.92 Å². The topological polar surface area (TPSA) is 40.5 Å². The third-order valence-electron chi connectivity index (χ3n) is 3.50. The summed E-state index contributed by atoms with van der Waals surface area (Å²) in [5.41, 5.74) is 0.850. The number of piperidine rings is 1. The summed E-state index contributed by atoms with van der Waals surface area (Å²) in [6.07, 6.45) is 5.08. The first-order valence-electron chi connectivity index (χ1n) is 6.53. The molecule has 0 radical (unpaired) electrons. The molecule has 3 nitrogen and oxygen atoms in total. The average molecular weight is 280 g/mol. The summed E-state index contributed by atoms with van der Waals surface area (Å²) in [4.78, 5) is 13.8. The van der Waals surface area contributed by atoms with E-state index in [0.29, 0.717) is 10.9 Å². The van der Waals surface area contributed by atoms with Gasteiger partial charge in [-0.2, -0.15) is 0 Å². The second kappa shape index (κ2) is 6.73. The Balaban J connectivity index is 1.93. The number of amides is 1. The van der Waals surface area contributed by atoms with Crippen LogP contribution in [0.15, 0.2) is 30.3 Å². The molecule has 0 bridgehead atoms. The van der Waals surface area contributed by atoms with Gasteiger partial charge in [-0.1, -0.05) is 29.8 Å². The molecule has 1 aliphatic rings. The van der Waals surface area contributed by atoms with Crippen molar-refractivity contribution in [3.05, 3.63) is 40.9 Å². The number of aliphatic hydroxyl groups excluding tert-OH is 1. The molecule has 1 heterocycles. The van der Waals surface area contributed by atoms with Crippen LogP contribution in [0.25, 0.3) is 6.08 Å². The van der Waals surface area contributed by atoms with Crippen LogP contribution in [0.2, 0.25) is 5.02 Å². The highest BCUT2D eigenvalue weighted by Gasteiger charge is 2.20. The highest BCUT2D eigenvalue weighted by atomic mass is 35.5. The van der Waals surface area contributed by atoms with Crippen molar-refractivity contribution in [3.8, 4) is 0 Å². The first kappa shape index (κ1) is 14.1. The van der Waals surface area contributed by atoms with E-state index in [-0.39, 0.29) is 12.5 Å². The molecular weight excluding hydrogens is 262 g/mol. The van der Waals surface area contributed by atoms with E-state index in [0.717, 1.165) is 31.5 Å². The minimum absolute atomic E-state index is 0.0105. The Labute approximate surface area is 118 Å². The van der Waals surface area contributed by atoms with E-state index in [9.17, 15) is 4.79 Å². The van der Waals surface area contributed by atoms with Crippen molar-refractivity contribution in [2.45, 2.75) is 12.8 Å². The van der Waals surface area contributed by atoms with Gasteiger partial charge in [0.2, 0.25) is 5.91 Å². The zero-order valence-corrected chi connectivity index (χ0v) is 11.5. The fraction of sp³-hybridized carbons (Fsp3) is 0.400. The first-order chi connectivity index (χ1) is 9.20. The van der Waals surface area contributed by atoms with Crippen molar-refractivity contribution in [1.82, 2.24) is 4.90 Å². The van der Waals surface area contributed by atoms with Gasteiger partial charge in [-0.3, -0.25) is 4.79 Å². The molecule has 1 fully saturated rings. The summed E-state index contributed by atoms with van der Waals surface area (Å²) in [7, 11) is 0. The molecule has 0 aromatic heterocycles. The van der Waals surface area contributed by atoms with Crippen LogP contribution in [-0.2, 0) is 4.79 Å². The molecule has 4 heteroatoms. The van der Waals surface area contributed by atoms with Crippen molar-refractivity contribution < 1.29 is 9.90 Å². The molecule has 102 valence electrons. The maximum Gasteiger partial charge on any atom is 0.246 e. The number of aliphatic hydroxyl groups is 1. The number of halogens is 1. The van der Waals surface area contributed by atoms with Gasteiger partial charge in [-0.25, -0.2) is 0 Å². The van der Waals surface area contributed by atoms with Crippen molar-refractivity contribution >= 4 is 23.6 Å². The van der Waals surface area contributed by atoms with E-state index in [1.165, 1.54) is 0 Å². The number of nitrogens with zero attached hydrogens (tertiary/aromatic N) is 1. The smallest absolute Gasteiger partial charge is 0.246 e. The number of benzene rings is 1. The number of carbonyl (C=O) groups is 1. The van der Waals surface area contributed by atoms with E-state index >= 15 is 0 Å². The standard InChI is InChI=1S/C15H18ClNO2/c16-14-4-2-1-3-13(14)5-6-15(19)17-9-7-12(11-18)8-10-17/h1-6,12,18H,7-11H2/b6-5+. The number of likely N-dealkylation sites (tertiary alicyclic amines) is 1.